The Hall–Kier alpha value is -2.68. The predicted octanol–water partition coefficient (Wildman–Crippen LogP) is 1.37. The van der Waals surface area contributed by atoms with Crippen LogP contribution in [0.4, 0.5) is 5.82 Å². The summed E-state index contributed by atoms with van der Waals surface area (Å²) in [6, 6.07) is 5.44. The van der Waals surface area contributed by atoms with E-state index >= 15 is 0 Å². The number of ether oxygens (including phenoxy) is 2. The molecule has 0 radical (unpaired) electrons. The van der Waals surface area contributed by atoms with E-state index in [1.54, 1.807) is 6.07 Å². The van der Waals surface area contributed by atoms with Gasteiger partial charge in [-0.15, -0.1) is 11.8 Å². The molecule has 8 nitrogen and oxygen atoms in total. The van der Waals surface area contributed by atoms with Crippen molar-refractivity contribution in [2.24, 2.45) is 5.73 Å². The van der Waals surface area contributed by atoms with Gasteiger partial charge >= 0.3 is 0 Å². The molecule has 2 amide bonds. The number of aromatic amines is 1. The predicted molar refractivity (Wildman–Crippen MR) is 93.9 cm³/mol. The summed E-state index contributed by atoms with van der Waals surface area (Å²) in [6.45, 7) is 1.69. The van der Waals surface area contributed by atoms with Gasteiger partial charge in [0.05, 0.1) is 18.1 Å². The molecule has 0 unspecified atom stereocenters. The molecular formula is C16H18N4O4S. The highest BCUT2D eigenvalue weighted by Gasteiger charge is 2.28. The summed E-state index contributed by atoms with van der Waals surface area (Å²) in [5.41, 5.74) is 7.88. The quantitative estimate of drug-likeness (QED) is 0.739. The molecule has 4 N–H and O–H groups in total. The number of nitrogens with two attached hydrogens (primary N) is 1. The number of anilines is 1. The number of carbonyl (C=O) groups excluding carboxylic acids is 2. The largest absolute Gasteiger partial charge is 0.493 e. The van der Waals surface area contributed by atoms with E-state index in [1.807, 2.05) is 19.1 Å². The molecule has 1 aliphatic rings. The monoisotopic (exact) mass is 362 g/mol. The molecule has 0 bridgehead atoms. The topological polar surface area (TPSA) is 119 Å². The van der Waals surface area contributed by atoms with Crippen molar-refractivity contribution in [3.63, 3.8) is 0 Å². The van der Waals surface area contributed by atoms with Crippen molar-refractivity contribution >= 4 is 29.4 Å². The van der Waals surface area contributed by atoms with Crippen molar-refractivity contribution in [2.45, 2.75) is 12.2 Å². The Morgan fingerprint density at radius 2 is 2.24 bits per heavy atom. The highest BCUT2D eigenvalue weighted by atomic mass is 32.2. The van der Waals surface area contributed by atoms with E-state index in [0.29, 0.717) is 23.1 Å². The second-order valence-corrected chi connectivity index (χ2v) is 6.61. The maximum Gasteiger partial charge on any atom is 0.255 e. The van der Waals surface area contributed by atoms with Crippen LogP contribution >= 0.6 is 11.8 Å². The van der Waals surface area contributed by atoms with E-state index in [2.05, 4.69) is 15.5 Å². The van der Waals surface area contributed by atoms with Crippen LogP contribution in [0.2, 0.25) is 0 Å². The van der Waals surface area contributed by atoms with Crippen LogP contribution < -0.4 is 20.5 Å². The molecular weight excluding hydrogens is 344 g/mol. The molecule has 1 atom stereocenters. The number of methoxy groups -OCH3 is 1. The SMILES string of the molecule is COc1cc([C@@H]2SCC(=O)Nc3n[nH]c(C)c32)ccc1OCC(N)=O. The number of benzene rings is 1. The fraction of sp³-hybridized carbons (Fsp3) is 0.312. The molecule has 1 aromatic heterocycles. The third-order valence-corrected chi connectivity index (χ3v) is 5.03. The molecule has 0 aliphatic carbocycles. The fourth-order valence-corrected chi connectivity index (χ4v) is 3.83. The minimum Gasteiger partial charge on any atom is -0.493 e. The number of H-pyrrole nitrogens is 1. The number of rotatable bonds is 5. The number of aromatic nitrogens is 2. The van der Waals surface area contributed by atoms with Crippen LogP contribution in [0.15, 0.2) is 18.2 Å². The molecule has 25 heavy (non-hydrogen) atoms. The second-order valence-electron chi connectivity index (χ2n) is 5.52. The van der Waals surface area contributed by atoms with E-state index < -0.39 is 5.91 Å². The van der Waals surface area contributed by atoms with Gasteiger partial charge in [-0.2, -0.15) is 5.10 Å². The summed E-state index contributed by atoms with van der Waals surface area (Å²) in [6.07, 6.45) is 0. The third kappa shape index (κ3) is 3.55. The number of aryl methyl sites for hydroxylation is 1. The van der Waals surface area contributed by atoms with Crippen molar-refractivity contribution in [1.29, 1.82) is 0 Å². The summed E-state index contributed by atoms with van der Waals surface area (Å²) >= 11 is 1.51. The van der Waals surface area contributed by atoms with Crippen LogP contribution in [0.25, 0.3) is 0 Å². The van der Waals surface area contributed by atoms with Crippen LogP contribution in [-0.2, 0) is 9.59 Å². The number of nitrogens with one attached hydrogen (secondary N) is 2. The normalized spacial score (nSPS) is 16.6. The van der Waals surface area contributed by atoms with Gasteiger partial charge in [0.1, 0.15) is 0 Å². The van der Waals surface area contributed by atoms with Gasteiger partial charge in [0, 0.05) is 11.3 Å². The van der Waals surface area contributed by atoms with Crippen LogP contribution in [0.1, 0.15) is 22.1 Å². The first kappa shape index (κ1) is 17.2. The van der Waals surface area contributed by atoms with Gasteiger partial charge < -0.3 is 20.5 Å². The first-order chi connectivity index (χ1) is 12.0. The van der Waals surface area contributed by atoms with Crippen molar-refractivity contribution in [2.75, 3.05) is 24.8 Å². The number of thioether (sulfide) groups is 1. The van der Waals surface area contributed by atoms with E-state index in [-0.39, 0.29) is 17.8 Å². The van der Waals surface area contributed by atoms with Crippen molar-refractivity contribution in [3.8, 4) is 11.5 Å². The summed E-state index contributed by atoms with van der Waals surface area (Å²) in [7, 11) is 1.52. The maximum absolute atomic E-state index is 11.9. The Morgan fingerprint density at radius 3 is 2.96 bits per heavy atom. The molecule has 0 spiro atoms. The smallest absolute Gasteiger partial charge is 0.255 e. The average molecular weight is 362 g/mol. The van der Waals surface area contributed by atoms with Gasteiger partial charge in [0.25, 0.3) is 5.91 Å². The van der Waals surface area contributed by atoms with Gasteiger partial charge in [-0.3, -0.25) is 14.7 Å². The molecule has 9 heteroatoms. The number of hydrogen-bond donors (Lipinski definition) is 3. The lowest BCUT2D eigenvalue weighted by Gasteiger charge is -2.17. The Balaban J connectivity index is 1.97. The fourth-order valence-electron chi connectivity index (χ4n) is 2.64. The molecule has 0 fully saturated rings. The molecule has 1 aliphatic heterocycles. The summed E-state index contributed by atoms with van der Waals surface area (Å²) in [5, 5.41) is 9.80. The number of amides is 2. The minimum atomic E-state index is -0.561. The van der Waals surface area contributed by atoms with Crippen molar-refractivity contribution in [1.82, 2.24) is 10.2 Å². The molecule has 2 aromatic rings. The van der Waals surface area contributed by atoms with Crippen molar-refractivity contribution in [3.05, 3.63) is 35.0 Å². The van der Waals surface area contributed by atoms with E-state index in [9.17, 15) is 9.59 Å². The maximum atomic E-state index is 11.9. The van der Waals surface area contributed by atoms with Gasteiger partial charge in [0.2, 0.25) is 5.91 Å². The average Bonchev–Trinajstić information content (AvgIpc) is 2.84. The van der Waals surface area contributed by atoms with Gasteiger partial charge in [-0.25, -0.2) is 0 Å². The second kappa shape index (κ2) is 7.06. The molecule has 0 saturated carbocycles. The zero-order valence-corrected chi connectivity index (χ0v) is 14.6. The van der Waals surface area contributed by atoms with E-state index in [1.165, 1.54) is 18.9 Å². The first-order valence-electron chi connectivity index (χ1n) is 7.55. The highest BCUT2D eigenvalue weighted by molar-refractivity contribution is 8.00. The third-order valence-electron chi connectivity index (χ3n) is 3.76. The summed E-state index contributed by atoms with van der Waals surface area (Å²) < 4.78 is 10.7. The Bertz CT molecular complexity index is 820. The molecule has 132 valence electrons. The standard InChI is InChI=1S/C16H18N4O4S/c1-8-14-15(25-7-13(22)18-16(14)20-19-8)9-3-4-10(11(5-9)23-2)24-6-12(17)21/h3-5,15H,6-7H2,1-2H3,(H2,17,21)(H2,18,19,20,22)/t15-/m0/s1. The van der Waals surface area contributed by atoms with Gasteiger partial charge in [0.15, 0.2) is 23.9 Å². The van der Waals surface area contributed by atoms with Gasteiger partial charge in [-0.05, 0) is 24.6 Å². The van der Waals surface area contributed by atoms with E-state index in [0.717, 1.165) is 16.8 Å². The van der Waals surface area contributed by atoms with Crippen LogP contribution in [0.3, 0.4) is 0 Å². The molecule has 0 saturated heterocycles. The summed E-state index contributed by atoms with van der Waals surface area (Å²) in [4.78, 5) is 22.8. The lowest BCUT2D eigenvalue weighted by Crippen LogP contribution is -2.20. The van der Waals surface area contributed by atoms with E-state index in [4.69, 9.17) is 15.2 Å². The molecule has 3 rings (SSSR count). The number of primary amides is 1. The number of hydrogen-bond acceptors (Lipinski definition) is 6. The first-order valence-corrected chi connectivity index (χ1v) is 8.59. The molecule has 1 aromatic carbocycles. The zero-order chi connectivity index (χ0) is 18.0. The number of carbonyl (C=O) groups is 2. The zero-order valence-electron chi connectivity index (χ0n) is 13.8. The number of fused-ring (bicyclic) bond motifs is 1. The lowest BCUT2D eigenvalue weighted by molar-refractivity contribution is -0.120. The number of nitrogens with zero attached hydrogens (tertiary/aromatic N) is 1. The summed E-state index contributed by atoms with van der Waals surface area (Å²) in [5.74, 6) is 1.14. The lowest BCUT2D eigenvalue weighted by atomic mass is 10.0. The highest BCUT2D eigenvalue weighted by Crippen LogP contribution is 2.44. The Kier molecular flexibility index (Phi) is 4.84. The Labute approximate surface area is 148 Å². The van der Waals surface area contributed by atoms with Crippen LogP contribution in [0, 0.1) is 6.92 Å². The minimum absolute atomic E-state index is 0.0892. The van der Waals surface area contributed by atoms with Gasteiger partial charge in [-0.1, -0.05) is 6.07 Å². The van der Waals surface area contributed by atoms with Crippen molar-refractivity contribution < 1.29 is 19.1 Å². The Morgan fingerprint density at radius 1 is 1.44 bits per heavy atom. The van der Waals surface area contributed by atoms with Crippen LogP contribution in [0.5, 0.6) is 11.5 Å². The van der Waals surface area contributed by atoms with Crippen LogP contribution in [-0.4, -0.2) is 41.5 Å². The molecule has 2 heterocycles.